The number of anilines is 1. The first-order valence-electron chi connectivity index (χ1n) is 6.12. The van der Waals surface area contributed by atoms with Crippen LogP contribution < -0.4 is 5.32 Å². The number of hydrogen-bond donors (Lipinski definition) is 1. The van der Waals surface area contributed by atoms with Gasteiger partial charge in [-0.25, -0.2) is 4.39 Å². The van der Waals surface area contributed by atoms with Crippen molar-refractivity contribution in [3.8, 4) is 0 Å². The molecule has 2 rings (SSSR count). The second-order valence-corrected chi connectivity index (χ2v) is 5.04. The molecule has 3 nitrogen and oxygen atoms in total. The van der Waals surface area contributed by atoms with Crippen LogP contribution in [0.15, 0.2) is 23.2 Å². The molecule has 0 bridgehead atoms. The zero-order valence-corrected chi connectivity index (χ0v) is 10.8. The number of carbonyl (C=O) groups is 1. The van der Waals surface area contributed by atoms with Crippen molar-refractivity contribution in [3.63, 3.8) is 0 Å². The second kappa shape index (κ2) is 4.88. The Morgan fingerprint density at radius 1 is 1.44 bits per heavy atom. The van der Waals surface area contributed by atoms with E-state index in [1.165, 1.54) is 12.1 Å². The number of nitrogens with one attached hydrogen (secondary N) is 1. The van der Waals surface area contributed by atoms with E-state index in [4.69, 9.17) is 0 Å². The number of carbonyl (C=O) groups excluding carboxylic acids is 1. The summed E-state index contributed by atoms with van der Waals surface area (Å²) in [7, 11) is 0. The number of aliphatic imine (C=N–C) groups is 1. The highest BCUT2D eigenvalue weighted by Gasteiger charge is 2.24. The van der Waals surface area contributed by atoms with Gasteiger partial charge >= 0.3 is 0 Å². The standard InChI is InChI=1S/C14H17FN2O/c1-8(2)6-13-14(18)17-12-5-4-10(15)7-11(12)9(3)16-13/h4-5,7-8,13H,6H2,1-3H3,(H,17,18). The van der Waals surface area contributed by atoms with Crippen LogP contribution in [0.4, 0.5) is 10.1 Å². The van der Waals surface area contributed by atoms with Gasteiger partial charge in [0.1, 0.15) is 11.9 Å². The van der Waals surface area contributed by atoms with Gasteiger partial charge in [0.15, 0.2) is 0 Å². The molecule has 18 heavy (non-hydrogen) atoms. The average Bonchev–Trinajstić information content (AvgIpc) is 2.39. The van der Waals surface area contributed by atoms with Crippen LogP contribution >= 0.6 is 0 Å². The summed E-state index contributed by atoms with van der Waals surface area (Å²) in [4.78, 5) is 16.4. The van der Waals surface area contributed by atoms with Crippen molar-refractivity contribution in [2.24, 2.45) is 10.9 Å². The normalized spacial score (nSPS) is 19.1. The number of rotatable bonds is 2. The highest BCUT2D eigenvalue weighted by atomic mass is 19.1. The van der Waals surface area contributed by atoms with Gasteiger partial charge in [0, 0.05) is 11.3 Å². The number of benzodiazepines with no additional fused rings is 1. The Morgan fingerprint density at radius 2 is 2.17 bits per heavy atom. The van der Waals surface area contributed by atoms with Gasteiger partial charge in [-0.2, -0.15) is 0 Å². The van der Waals surface area contributed by atoms with Crippen LogP contribution in [0.2, 0.25) is 0 Å². The number of nitrogens with zero attached hydrogens (tertiary/aromatic N) is 1. The smallest absolute Gasteiger partial charge is 0.249 e. The summed E-state index contributed by atoms with van der Waals surface area (Å²) < 4.78 is 13.2. The largest absolute Gasteiger partial charge is 0.324 e. The third-order valence-corrected chi connectivity index (χ3v) is 2.98. The fourth-order valence-corrected chi connectivity index (χ4v) is 2.11. The van der Waals surface area contributed by atoms with Crippen LogP contribution in [0.3, 0.4) is 0 Å². The van der Waals surface area contributed by atoms with Crippen LogP contribution in [0, 0.1) is 11.7 Å². The minimum atomic E-state index is -0.388. The van der Waals surface area contributed by atoms with Crippen molar-refractivity contribution in [1.82, 2.24) is 0 Å². The molecule has 1 atom stereocenters. The molecule has 96 valence electrons. The molecule has 0 saturated heterocycles. The lowest BCUT2D eigenvalue weighted by Gasteiger charge is -2.12. The van der Waals surface area contributed by atoms with Crippen LogP contribution in [0.25, 0.3) is 0 Å². The van der Waals surface area contributed by atoms with E-state index in [1.807, 2.05) is 6.92 Å². The molecule has 0 saturated carbocycles. The summed E-state index contributed by atoms with van der Waals surface area (Å²) in [6.07, 6.45) is 0.694. The zero-order valence-electron chi connectivity index (χ0n) is 10.8. The van der Waals surface area contributed by atoms with Crippen molar-refractivity contribution < 1.29 is 9.18 Å². The molecule has 0 aromatic heterocycles. The van der Waals surface area contributed by atoms with Gasteiger partial charge < -0.3 is 5.32 Å². The van der Waals surface area contributed by atoms with Crippen molar-refractivity contribution in [1.29, 1.82) is 0 Å². The van der Waals surface area contributed by atoms with Crippen LogP contribution in [0.1, 0.15) is 32.8 Å². The lowest BCUT2D eigenvalue weighted by molar-refractivity contribution is -0.117. The zero-order chi connectivity index (χ0) is 13.3. The Morgan fingerprint density at radius 3 is 2.83 bits per heavy atom. The average molecular weight is 248 g/mol. The molecule has 1 unspecified atom stereocenters. The van der Waals surface area contributed by atoms with Gasteiger partial charge in [-0.3, -0.25) is 9.79 Å². The SMILES string of the molecule is CC1=NC(CC(C)C)C(=O)Nc2ccc(F)cc21. The maximum absolute atomic E-state index is 13.2. The molecular formula is C14H17FN2O. The molecule has 1 amide bonds. The highest BCUT2D eigenvalue weighted by Crippen LogP contribution is 2.23. The molecule has 0 spiro atoms. The Kier molecular flexibility index (Phi) is 3.45. The van der Waals surface area contributed by atoms with Crippen molar-refractivity contribution >= 4 is 17.3 Å². The van der Waals surface area contributed by atoms with Crippen molar-refractivity contribution in [2.75, 3.05) is 5.32 Å². The molecule has 1 heterocycles. The van der Waals surface area contributed by atoms with E-state index in [2.05, 4.69) is 24.2 Å². The Balaban J connectivity index is 2.40. The minimum Gasteiger partial charge on any atom is -0.324 e. The lowest BCUT2D eigenvalue weighted by Crippen LogP contribution is -2.26. The van der Waals surface area contributed by atoms with E-state index in [0.29, 0.717) is 29.3 Å². The van der Waals surface area contributed by atoms with Crippen LogP contribution in [0.5, 0.6) is 0 Å². The second-order valence-electron chi connectivity index (χ2n) is 5.04. The predicted molar refractivity (Wildman–Crippen MR) is 70.5 cm³/mol. The molecule has 1 aromatic carbocycles. The van der Waals surface area contributed by atoms with E-state index in [-0.39, 0.29) is 17.8 Å². The quantitative estimate of drug-likeness (QED) is 0.858. The Hall–Kier alpha value is -1.71. The number of benzene rings is 1. The van der Waals surface area contributed by atoms with Crippen molar-refractivity contribution in [2.45, 2.75) is 33.2 Å². The minimum absolute atomic E-state index is 0.117. The van der Waals surface area contributed by atoms with Gasteiger partial charge in [0.2, 0.25) is 5.91 Å². The Bertz CT molecular complexity index is 509. The van der Waals surface area contributed by atoms with Gasteiger partial charge in [-0.1, -0.05) is 13.8 Å². The fourth-order valence-electron chi connectivity index (χ4n) is 2.11. The summed E-state index contributed by atoms with van der Waals surface area (Å²) in [6, 6.07) is 3.95. The molecule has 1 aliphatic rings. The van der Waals surface area contributed by atoms with E-state index >= 15 is 0 Å². The van der Waals surface area contributed by atoms with Gasteiger partial charge in [0.05, 0.1) is 5.69 Å². The summed E-state index contributed by atoms with van der Waals surface area (Å²) in [5.41, 5.74) is 2.00. The maximum Gasteiger partial charge on any atom is 0.249 e. The van der Waals surface area contributed by atoms with Crippen LogP contribution in [-0.4, -0.2) is 17.7 Å². The number of fused-ring (bicyclic) bond motifs is 1. The van der Waals surface area contributed by atoms with E-state index in [0.717, 1.165) is 0 Å². The summed E-state index contributed by atoms with van der Waals surface area (Å²) in [6.45, 7) is 5.91. The highest BCUT2D eigenvalue weighted by molar-refractivity contribution is 6.10. The van der Waals surface area contributed by atoms with Gasteiger partial charge in [-0.15, -0.1) is 0 Å². The summed E-state index contributed by atoms with van der Waals surface area (Å²) in [5.74, 6) is -0.0523. The maximum atomic E-state index is 13.2. The summed E-state index contributed by atoms with van der Waals surface area (Å²) in [5, 5.41) is 2.82. The van der Waals surface area contributed by atoms with E-state index < -0.39 is 0 Å². The molecule has 0 aliphatic carbocycles. The lowest BCUT2D eigenvalue weighted by atomic mass is 10.0. The third-order valence-electron chi connectivity index (χ3n) is 2.98. The molecule has 1 aromatic rings. The predicted octanol–water partition coefficient (Wildman–Crippen LogP) is 3.00. The monoisotopic (exact) mass is 248 g/mol. The topological polar surface area (TPSA) is 41.5 Å². The molecule has 1 aliphatic heterocycles. The molecule has 0 radical (unpaired) electrons. The fraction of sp³-hybridized carbons (Fsp3) is 0.429. The first-order valence-corrected chi connectivity index (χ1v) is 6.12. The number of amides is 1. The van der Waals surface area contributed by atoms with Crippen LogP contribution in [-0.2, 0) is 4.79 Å². The molecular weight excluding hydrogens is 231 g/mol. The summed E-state index contributed by atoms with van der Waals surface area (Å²) >= 11 is 0. The molecule has 1 N–H and O–H groups in total. The van der Waals surface area contributed by atoms with Gasteiger partial charge in [0.25, 0.3) is 0 Å². The number of hydrogen-bond acceptors (Lipinski definition) is 2. The molecule has 4 heteroatoms. The first kappa shape index (κ1) is 12.7. The number of halogens is 1. The van der Waals surface area contributed by atoms with E-state index in [1.54, 1.807) is 6.07 Å². The first-order chi connectivity index (χ1) is 8.47. The van der Waals surface area contributed by atoms with Crippen molar-refractivity contribution in [3.05, 3.63) is 29.6 Å². The van der Waals surface area contributed by atoms with Gasteiger partial charge in [-0.05, 0) is 37.5 Å². The molecule has 0 fully saturated rings. The Labute approximate surface area is 106 Å². The van der Waals surface area contributed by atoms with E-state index in [9.17, 15) is 9.18 Å². The third kappa shape index (κ3) is 2.58.